The van der Waals surface area contributed by atoms with E-state index in [9.17, 15) is 5.26 Å². The van der Waals surface area contributed by atoms with Gasteiger partial charge in [0.15, 0.2) is 0 Å². The average molecular weight is 280 g/mol. The zero-order valence-electron chi connectivity index (χ0n) is 13.0. The first-order valence-corrected chi connectivity index (χ1v) is 7.93. The summed E-state index contributed by atoms with van der Waals surface area (Å²) in [4.78, 5) is 0. The lowest BCUT2D eigenvalue weighted by molar-refractivity contribution is -0.0454. The molecule has 0 aromatic carbocycles. The molecule has 0 saturated heterocycles. The van der Waals surface area contributed by atoms with Crippen LogP contribution < -0.4 is 5.32 Å². The van der Waals surface area contributed by atoms with E-state index in [1.807, 2.05) is 0 Å². The van der Waals surface area contributed by atoms with Gasteiger partial charge < -0.3 is 9.47 Å². The molecule has 2 rings (SSSR count). The van der Waals surface area contributed by atoms with Crippen molar-refractivity contribution in [3.8, 4) is 6.07 Å². The molecule has 0 heterocycles. The maximum absolute atomic E-state index is 9.65. The van der Waals surface area contributed by atoms with Crippen LogP contribution in [-0.2, 0) is 9.47 Å². The topological polar surface area (TPSA) is 54.3 Å². The molecule has 114 valence electrons. The van der Waals surface area contributed by atoms with Gasteiger partial charge in [-0.2, -0.15) is 5.26 Å². The minimum absolute atomic E-state index is 0.245. The normalized spacial score (nSPS) is 29.9. The molecule has 0 aromatic rings. The molecule has 0 aromatic heterocycles. The molecular weight excluding hydrogens is 252 g/mol. The van der Waals surface area contributed by atoms with Gasteiger partial charge in [-0.1, -0.05) is 0 Å². The fourth-order valence-corrected chi connectivity index (χ4v) is 3.24. The monoisotopic (exact) mass is 280 g/mol. The molecule has 2 aliphatic carbocycles. The van der Waals surface area contributed by atoms with E-state index >= 15 is 0 Å². The van der Waals surface area contributed by atoms with Gasteiger partial charge in [-0.25, -0.2) is 0 Å². The second-order valence-electron chi connectivity index (χ2n) is 6.61. The van der Waals surface area contributed by atoms with Crippen molar-refractivity contribution in [3.63, 3.8) is 0 Å². The van der Waals surface area contributed by atoms with Crippen LogP contribution in [0.4, 0.5) is 0 Å². The Kier molecular flexibility index (Phi) is 5.42. The first kappa shape index (κ1) is 15.8. The van der Waals surface area contributed by atoms with E-state index in [1.165, 1.54) is 0 Å². The Morgan fingerprint density at radius 2 is 1.95 bits per heavy atom. The van der Waals surface area contributed by atoms with Gasteiger partial charge in [0.1, 0.15) is 5.54 Å². The van der Waals surface area contributed by atoms with Crippen LogP contribution in [0.5, 0.6) is 0 Å². The van der Waals surface area contributed by atoms with Crippen molar-refractivity contribution >= 4 is 0 Å². The van der Waals surface area contributed by atoms with Crippen LogP contribution in [-0.4, -0.2) is 37.5 Å². The molecule has 4 nitrogen and oxygen atoms in total. The standard InChI is InChI=1S/C16H28N2O2/c1-12(2)18-16(10-17,13-7-8-13)11-20-15-6-4-5-14(9-15)19-3/h12-15,18H,4-9,11H2,1-3H3. The summed E-state index contributed by atoms with van der Waals surface area (Å²) in [6.45, 7) is 4.69. The second kappa shape index (κ2) is 6.89. The highest BCUT2D eigenvalue weighted by Crippen LogP contribution is 2.40. The minimum Gasteiger partial charge on any atom is -0.381 e. The van der Waals surface area contributed by atoms with Gasteiger partial charge in [0.05, 0.1) is 24.9 Å². The molecule has 2 saturated carbocycles. The molecule has 0 bridgehead atoms. The first-order valence-electron chi connectivity index (χ1n) is 7.93. The lowest BCUT2D eigenvalue weighted by atomic mass is 9.93. The molecule has 3 atom stereocenters. The summed E-state index contributed by atoms with van der Waals surface area (Å²) < 4.78 is 11.6. The van der Waals surface area contributed by atoms with Crippen molar-refractivity contribution in [2.24, 2.45) is 5.92 Å². The molecule has 20 heavy (non-hydrogen) atoms. The quantitative estimate of drug-likeness (QED) is 0.779. The minimum atomic E-state index is -0.492. The number of nitrogens with one attached hydrogen (secondary N) is 1. The van der Waals surface area contributed by atoms with E-state index in [0.29, 0.717) is 24.7 Å². The van der Waals surface area contributed by atoms with Crippen molar-refractivity contribution in [2.75, 3.05) is 13.7 Å². The second-order valence-corrected chi connectivity index (χ2v) is 6.61. The van der Waals surface area contributed by atoms with Crippen LogP contribution in [0, 0.1) is 17.2 Å². The predicted molar refractivity (Wildman–Crippen MR) is 78.3 cm³/mol. The van der Waals surface area contributed by atoms with Crippen LogP contribution >= 0.6 is 0 Å². The Bertz CT molecular complexity index is 349. The molecule has 1 N–H and O–H groups in total. The Balaban J connectivity index is 1.90. The summed E-state index contributed by atoms with van der Waals surface area (Å²) in [6.07, 6.45) is 7.19. The predicted octanol–water partition coefficient (Wildman–Crippen LogP) is 2.63. The molecule has 2 aliphatic rings. The summed E-state index contributed by atoms with van der Waals surface area (Å²) in [5, 5.41) is 13.1. The summed E-state index contributed by atoms with van der Waals surface area (Å²) in [6, 6.07) is 2.81. The number of hydrogen-bond donors (Lipinski definition) is 1. The Labute approximate surface area is 122 Å². The number of nitriles is 1. The number of nitrogens with zero attached hydrogens (tertiary/aromatic N) is 1. The fraction of sp³-hybridized carbons (Fsp3) is 0.938. The molecule has 0 spiro atoms. The molecule has 0 radical (unpaired) electrons. The summed E-state index contributed by atoms with van der Waals surface area (Å²) in [5.74, 6) is 0.455. The van der Waals surface area contributed by atoms with Crippen LogP contribution in [0.2, 0.25) is 0 Å². The van der Waals surface area contributed by atoms with Crippen molar-refractivity contribution in [1.82, 2.24) is 5.32 Å². The summed E-state index contributed by atoms with van der Waals surface area (Å²) >= 11 is 0. The Morgan fingerprint density at radius 3 is 2.50 bits per heavy atom. The van der Waals surface area contributed by atoms with Crippen LogP contribution in [0.25, 0.3) is 0 Å². The van der Waals surface area contributed by atoms with Crippen LogP contribution in [0.1, 0.15) is 52.4 Å². The van der Waals surface area contributed by atoms with Crippen LogP contribution in [0.3, 0.4) is 0 Å². The fourth-order valence-electron chi connectivity index (χ4n) is 3.24. The number of rotatable bonds is 7. The summed E-state index contributed by atoms with van der Waals surface area (Å²) in [7, 11) is 1.77. The van der Waals surface area contributed by atoms with E-state index in [2.05, 4.69) is 25.2 Å². The van der Waals surface area contributed by atoms with Gasteiger partial charge in [-0.15, -0.1) is 0 Å². The third kappa shape index (κ3) is 3.94. The van der Waals surface area contributed by atoms with Crippen molar-refractivity contribution in [2.45, 2.75) is 76.2 Å². The van der Waals surface area contributed by atoms with Crippen molar-refractivity contribution in [3.05, 3.63) is 0 Å². The van der Waals surface area contributed by atoms with E-state index in [0.717, 1.165) is 38.5 Å². The summed E-state index contributed by atoms with van der Waals surface area (Å²) in [5.41, 5.74) is -0.492. The largest absolute Gasteiger partial charge is 0.381 e. The lowest BCUT2D eigenvalue weighted by Crippen LogP contribution is -2.53. The number of hydrogen-bond acceptors (Lipinski definition) is 4. The highest BCUT2D eigenvalue weighted by atomic mass is 16.5. The van der Waals surface area contributed by atoms with Crippen molar-refractivity contribution in [1.29, 1.82) is 5.26 Å². The smallest absolute Gasteiger partial charge is 0.133 e. The van der Waals surface area contributed by atoms with Crippen LogP contribution in [0.15, 0.2) is 0 Å². The van der Waals surface area contributed by atoms with E-state index in [-0.39, 0.29) is 6.10 Å². The highest BCUT2D eigenvalue weighted by Gasteiger charge is 2.46. The molecule has 3 unspecified atom stereocenters. The zero-order valence-corrected chi connectivity index (χ0v) is 13.0. The van der Waals surface area contributed by atoms with Gasteiger partial charge in [-0.3, -0.25) is 5.32 Å². The average Bonchev–Trinajstić information content (AvgIpc) is 3.28. The maximum atomic E-state index is 9.65. The molecule has 0 aliphatic heterocycles. The number of methoxy groups -OCH3 is 1. The molecule has 4 heteroatoms. The van der Waals surface area contributed by atoms with E-state index in [4.69, 9.17) is 9.47 Å². The zero-order chi connectivity index (χ0) is 14.6. The van der Waals surface area contributed by atoms with Gasteiger partial charge in [0.25, 0.3) is 0 Å². The number of ether oxygens (including phenoxy) is 2. The Morgan fingerprint density at radius 1 is 1.25 bits per heavy atom. The highest BCUT2D eigenvalue weighted by molar-refractivity contribution is 5.16. The molecule has 0 amide bonds. The van der Waals surface area contributed by atoms with Gasteiger partial charge in [0.2, 0.25) is 0 Å². The third-order valence-corrected chi connectivity index (χ3v) is 4.48. The maximum Gasteiger partial charge on any atom is 0.133 e. The van der Waals surface area contributed by atoms with Gasteiger partial charge >= 0.3 is 0 Å². The third-order valence-electron chi connectivity index (χ3n) is 4.48. The lowest BCUT2D eigenvalue weighted by Gasteiger charge is -2.34. The molecular formula is C16H28N2O2. The van der Waals surface area contributed by atoms with Crippen molar-refractivity contribution < 1.29 is 9.47 Å². The SMILES string of the molecule is COC1CCCC(OCC(C#N)(NC(C)C)C2CC2)C1. The van der Waals surface area contributed by atoms with Gasteiger partial charge in [-0.05, 0) is 58.3 Å². The first-order chi connectivity index (χ1) is 9.59. The Hall–Kier alpha value is -0.630. The molecule has 2 fully saturated rings. The van der Waals surface area contributed by atoms with Gasteiger partial charge in [0, 0.05) is 13.2 Å². The van der Waals surface area contributed by atoms with E-state index < -0.39 is 5.54 Å². The van der Waals surface area contributed by atoms with E-state index in [1.54, 1.807) is 7.11 Å².